The van der Waals surface area contributed by atoms with Gasteiger partial charge in [0.15, 0.2) is 0 Å². The molecule has 1 saturated heterocycles. The van der Waals surface area contributed by atoms with Crippen LogP contribution < -0.4 is 5.32 Å². The first kappa shape index (κ1) is 18.5. The number of hydrogen-bond acceptors (Lipinski definition) is 4. The molecule has 1 heterocycles. The van der Waals surface area contributed by atoms with E-state index in [9.17, 15) is 9.59 Å². The van der Waals surface area contributed by atoms with E-state index in [-0.39, 0.29) is 12.5 Å². The summed E-state index contributed by atoms with van der Waals surface area (Å²) in [4.78, 5) is 24.9. The molecule has 5 nitrogen and oxygen atoms in total. The molecule has 1 N–H and O–H groups in total. The van der Waals surface area contributed by atoms with E-state index in [0.29, 0.717) is 32.5 Å². The maximum absolute atomic E-state index is 12.5. The summed E-state index contributed by atoms with van der Waals surface area (Å²) in [5, 5.41) is 2.91. The fraction of sp³-hybridized carbons (Fsp3) is 0.579. The van der Waals surface area contributed by atoms with Gasteiger partial charge in [-0.3, -0.25) is 9.59 Å². The van der Waals surface area contributed by atoms with Crippen LogP contribution in [-0.4, -0.2) is 30.6 Å². The lowest BCUT2D eigenvalue weighted by Gasteiger charge is -2.25. The average Bonchev–Trinajstić information content (AvgIpc) is 2.78. The van der Waals surface area contributed by atoms with Crippen LogP contribution in [0.5, 0.6) is 0 Å². The van der Waals surface area contributed by atoms with Crippen molar-refractivity contribution in [3.8, 4) is 0 Å². The van der Waals surface area contributed by atoms with Crippen molar-refractivity contribution in [3.63, 3.8) is 0 Å². The van der Waals surface area contributed by atoms with Crippen molar-refractivity contribution in [1.82, 2.24) is 5.32 Å². The molecule has 1 fully saturated rings. The van der Waals surface area contributed by atoms with Crippen molar-refractivity contribution >= 4 is 11.9 Å². The predicted octanol–water partition coefficient (Wildman–Crippen LogP) is 2.83. The third-order valence-electron chi connectivity index (χ3n) is 4.30. The Bertz CT molecular complexity index is 570. The summed E-state index contributed by atoms with van der Waals surface area (Å²) in [6.45, 7) is 6.93. The van der Waals surface area contributed by atoms with Crippen LogP contribution in [0.1, 0.15) is 45.6 Å². The number of ether oxygens (including phenoxy) is 2. The molecule has 24 heavy (non-hydrogen) atoms. The van der Waals surface area contributed by atoms with Gasteiger partial charge in [-0.05, 0) is 45.6 Å². The highest BCUT2D eigenvalue weighted by molar-refractivity contribution is 6.04. The van der Waals surface area contributed by atoms with Crippen LogP contribution in [0.25, 0.3) is 0 Å². The Morgan fingerprint density at radius 3 is 2.54 bits per heavy atom. The first-order valence-electron chi connectivity index (χ1n) is 8.51. The summed E-state index contributed by atoms with van der Waals surface area (Å²) in [6.07, 6.45) is 1.53. The van der Waals surface area contributed by atoms with Crippen LogP contribution in [0.4, 0.5) is 0 Å². The minimum atomic E-state index is -1.09. The van der Waals surface area contributed by atoms with Crippen LogP contribution in [-0.2, 0) is 25.7 Å². The van der Waals surface area contributed by atoms with Crippen molar-refractivity contribution in [1.29, 1.82) is 0 Å². The topological polar surface area (TPSA) is 64.6 Å². The normalized spacial score (nSPS) is 22.2. The van der Waals surface area contributed by atoms with Gasteiger partial charge in [0.2, 0.25) is 5.91 Å². The first-order chi connectivity index (χ1) is 11.4. The fourth-order valence-corrected chi connectivity index (χ4v) is 3.28. The summed E-state index contributed by atoms with van der Waals surface area (Å²) < 4.78 is 10.8. The van der Waals surface area contributed by atoms with Gasteiger partial charge in [-0.15, -0.1) is 0 Å². The van der Waals surface area contributed by atoms with E-state index in [1.54, 1.807) is 6.92 Å². The molecule has 1 aliphatic rings. The van der Waals surface area contributed by atoms with Crippen LogP contribution in [0, 0.1) is 5.41 Å². The summed E-state index contributed by atoms with van der Waals surface area (Å²) in [5.74, 6) is -0.648. The minimum absolute atomic E-state index is 0.228. The van der Waals surface area contributed by atoms with Gasteiger partial charge in [0.25, 0.3) is 0 Å². The Morgan fingerprint density at radius 1 is 1.25 bits per heavy atom. The maximum Gasteiger partial charge on any atom is 0.321 e. The lowest BCUT2D eigenvalue weighted by molar-refractivity contribution is -0.159. The largest absolute Gasteiger partial charge is 0.465 e. The molecule has 1 aliphatic heterocycles. The van der Waals surface area contributed by atoms with Crippen molar-refractivity contribution < 1.29 is 19.1 Å². The Kier molecular flexibility index (Phi) is 5.99. The third kappa shape index (κ3) is 4.35. The molecule has 0 aromatic heterocycles. The minimum Gasteiger partial charge on any atom is -0.465 e. The highest BCUT2D eigenvalue weighted by atomic mass is 16.5. The number of nitrogens with one attached hydrogen (secondary N) is 1. The molecule has 5 heteroatoms. The number of carbonyl (C=O) groups excluding carboxylic acids is 2. The van der Waals surface area contributed by atoms with E-state index in [2.05, 4.69) is 5.32 Å². The average molecular weight is 333 g/mol. The highest BCUT2D eigenvalue weighted by Gasteiger charge is 2.56. The Balaban J connectivity index is 1.90. The molecule has 132 valence electrons. The zero-order valence-corrected chi connectivity index (χ0v) is 14.8. The number of esters is 1. The number of amides is 1. The second kappa shape index (κ2) is 7.79. The zero-order valence-electron chi connectivity index (χ0n) is 14.8. The quantitative estimate of drug-likeness (QED) is 0.451. The number of carbonyl (C=O) groups is 2. The molecule has 1 amide bonds. The lowest BCUT2D eigenvalue weighted by Crippen LogP contribution is -2.40. The molecule has 1 aromatic rings. The van der Waals surface area contributed by atoms with Gasteiger partial charge in [0.1, 0.15) is 5.41 Å². The van der Waals surface area contributed by atoms with Gasteiger partial charge in [-0.25, -0.2) is 0 Å². The number of rotatable bonds is 8. The van der Waals surface area contributed by atoms with E-state index >= 15 is 0 Å². The molecule has 0 aliphatic carbocycles. The van der Waals surface area contributed by atoms with Crippen molar-refractivity contribution in [3.05, 3.63) is 35.9 Å². The predicted molar refractivity (Wildman–Crippen MR) is 91.2 cm³/mol. The van der Waals surface area contributed by atoms with Crippen LogP contribution in [0.15, 0.2) is 30.3 Å². The second-order valence-electron chi connectivity index (χ2n) is 6.96. The molecular formula is C19H27NO4. The summed E-state index contributed by atoms with van der Waals surface area (Å²) >= 11 is 0. The summed E-state index contributed by atoms with van der Waals surface area (Å²) in [7, 11) is 0. The Hall–Kier alpha value is -1.88. The standard InChI is InChI=1S/C19H27NO4/c1-4-24-17(22)19(14-18(2,3)20-16(19)21)11-8-12-23-13-15-9-6-5-7-10-15/h5-7,9-10H,4,8,11-14H2,1-3H3,(H,20,21). The zero-order chi connectivity index (χ0) is 17.6. The molecule has 2 rings (SSSR count). The van der Waals surface area contributed by atoms with Gasteiger partial charge in [-0.2, -0.15) is 0 Å². The Morgan fingerprint density at radius 2 is 1.96 bits per heavy atom. The molecule has 1 atom stereocenters. The van der Waals surface area contributed by atoms with Gasteiger partial charge in [0, 0.05) is 12.1 Å². The van der Waals surface area contributed by atoms with Gasteiger partial charge in [-0.1, -0.05) is 30.3 Å². The van der Waals surface area contributed by atoms with Crippen LogP contribution in [0.2, 0.25) is 0 Å². The molecule has 1 unspecified atom stereocenters. The van der Waals surface area contributed by atoms with Gasteiger partial charge < -0.3 is 14.8 Å². The first-order valence-corrected chi connectivity index (χ1v) is 8.51. The highest BCUT2D eigenvalue weighted by Crippen LogP contribution is 2.41. The number of hydrogen-bond donors (Lipinski definition) is 1. The smallest absolute Gasteiger partial charge is 0.321 e. The molecule has 0 bridgehead atoms. The second-order valence-corrected chi connectivity index (χ2v) is 6.96. The SMILES string of the molecule is CCOC(=O)C1(CCCOCc2ccccc2)CC(C)(C)NC1=O. The lowest BCUT2D eigenvalue weighted by atomic mass is 9.77. The maximum atomic E-state index is 12.5. The summed E-state index contributed by atoms with van der Waals surface area (Å²) in [5.41, 5.74) is -0.373. The van der Waals surface area contributed by atoms with E-state index in [1.165, 1.54) is 0 Å². The van der Waals surface area contributed by atoms with Crippen LogP contribution >= 0.6 is 0 Å². The number of benzene rings is 1. The van der Waals surface area contributed by atoms with Crippen molar-refractivity contribution in [2.45, 2.75) is 52.2 Å². The van der Waals surface area contributed by atoms with Gasteiger partial charge >= 0.3 is 5.97 Å². The van der Waals surface area contributed by atoms with E-state index in [4.69, 9.17) is 9.47 Å². The van der Waals surface area contributed by atoms with Crippen LogP contribution in [0.3, 0.4) is 0 Å². The van der Waals surface area contributed by atoms with Gasteiger partial charge in [0.05, 0.1) is 13.2 Å². The van der Waals surface area contributed by atoms with E-state index in [1.807, 2.05) is 44.2 Å². The van der Waals surface area contributed by atoms with Crippen molar-refractivity contribution in [2.24, 2.45) is 5.41 Å². The fourth-order valence-electron chi connectivity index (χ4n) is 3.28. The van der Waals surface area contributed by atoms with E-state index < -0.39 is 16.9 Å². The third-order valence-corrected chi connectivity index (χ3v) is 4.30. The molecular weight excluding hydrogens is 306 g/mol. The summed E-state index contributed by atoms with van der Waals surface area (Å²) in [6, 6.07) is 9.92. The van der Waals surface area contributed by atoms with Crippen molar-refractivity contribution in [2.75, 3.05) is 13.2 Å². The molecule has 0 spiro atoms. The monoisotopic (exact) mass is 333 g/mol. The van der Waals surface area contributed by atoms with E-state index in [0.717, 1.165) is 5.56 Å². The Labute approximate surface area is 143 Å². The molecule has 0 saturated carbocycles. The molecule has 0 radical (unpaired) electrons. The molecule has 1 aromatic carbocycles.